The summed E-state index contributed by atoms with van der Waals surface area (Å²) in [6, 6.07) is 0.753. The lowest BCUT2D eigenvalue weighted by Crippen LogP contribution is -2.31. The number of nitrogens with zero attached hydrogens (tertiary/aromatic N) is 1. The van der Waals surface area contributed by atoms with Crippen LogP contribution in [0.15, 0.2) is 48.6 Å². The predicted octanol–water partition coefficient (Wildman–Crippen LogP) is 14.6. The highest BCUT2D eigenvalue weighted by Crippen LogP contribution is 2.39. The Morgan fingerprint density at radius 2 is 0.980 bits per heavy atom. The molecule has 2 unspecified atom stereocenters. The Balaban J connectivity index is 1.60. The largest absolute Gasteiger partial charge is 0.347 e. The molecule has 1 saturated carbocycles. The average molecular weight is 696 g/mol. The van der Waals surface area contributed by atoms with Gasteiger partial charge >= 0.3 is 0 Å². The van der Waals surface area contributed by atoms with E-state index >= 15 is 0 Å². The third-order valence-corrected chi connectivity index (χ3v) is 11.3. The molecule has 0 radical (unpaired) electrons. The fourth-order valence-electron chi connectivity index (χ4n) is 7.99. The highest BCUT2D eigenvalue weighted by atomic mass is 16.7. The summed E-state index contributed by atoms with van der Waals surface area (Å²) in [6.07, 6.45) is 57.7. The second-order valence-corrected chi connectivity index (χ2v) is 16.2. The third kappa shape index (κ3) is 23.4. The van der Waals surface area contributed by atoms with Crippen molar-refractivity contribution in [3.8, 4) is 0 Å². The van der Waals surface area contributed by atoms with Crippen molar-refractivity contribution < 1.29 is 9.47 Å². The van der Waals surface area contributed by atoms with Crippen molar-refractivity contribution in [3.05, 3.63) is 48.6 Å². The van der Waals surface area contributed by atoms with Gasteiger partial charge in [0, 0.05) is 18.9 Å². The molecular formula is C47H85NO2. The summed E-state index contributed by atoms with van der Waals surface area (Å²) in [5, 5.41) is 0. The number of rotatable bonds is 33. The number of ether oxygens (including phenoxy) is 2. The van der Waals surface area contributed by atoms with Crippen molar-refractivity contribution in [2.75, 3.05) is 20.7 Å². The highest BCUT2D eigenvalue weighted by Gasteiger charge is 2.42. The van der Waals surface area contributed by atoms with Crippen LogP contribution in [0, 0.1) is 5.92 Å². The zero-order valence-corrected chi connectivity index (χ0v) is 34.0. The van der Waals surface area contributed by atoms with Crippen LogP contribution in [0.5, 0.6) is 0 Å². The van der Waals surface area contributed by atoms with Gasteiger partial charge in [0.05, 0.1) is 12.7 Å². The van der Waals surface area contributed by atoms with E-state index in [1.165, 1.54) is 167 Å². The van der Waals surface area contributed by atoms with Gasteiger partial charge in [-0.3, -0.25) is 0 Å². The van der Waals surface area contributed by atoms with Crippen molar-refractivity contribution in [2.24, 2.45) is 5.92 Å². The molecule has 3 heteroatoms. The van der Waals surface area contributed by atoms with Crippen molar-refractivity contribution >= 4 is 0 Å². The van der Waals surface area contributed by atoms with Crippen LogP contribution < -0.4 is 0 Å². The van der Waals surface area contributed by atoms with Crippen molar-refractivity contribution in [2.45, 2.75) is 224 Å². The van der Waals surface area contributed by atoms with Crippen molar-refractivity contribution in [3.63, 3.8) is 0 Å². The maximum absolute atomic E-state index is 6.89. The van der Waals surface area contributed by atoms with Gasteiger partial charge in [0.25, 0.3) is 0 Å². The van der Waals surface area contributed by atoms with E-state index in [1.807, 2.05) is 0 Å². The molecule has 0 bridgehead atoms. The molecule has 0 aromatic carbocycles. The molecule has 1 aliphatic carbocycles. The molecule has 3 atom stereocenters. The zero-order valence-electron chi connectivity index (χ0n) is 34.0. The highest BCUT2D eigenvalue weighted by molar-refractivity contribution is 4.93. The Kier molecular flexibility index (Phi) is 28.2. The molecule has 2 fully saturated rings. The second-order valence-electron chi connectivity index (χ2n) is 16.2. The van der Waals surface area contributed by atoms with E-state index in [9.17, 15) is 0 Å². The topological polar surface area (TPSA) is 21.7 Å². The third-order valence-electron chi connectivity index (χ3n) is 11.3. The lowest BCUT2D eigenvalue weighted by atomic mass is 9.98. The molecule has 1 saturated heterocycles. The smallest absolute Gasteiger partial charge is 0.168 e. The van der Waals surface area contributed by atoms with E-state index in [-0.39, 0.29) is 5.79 Å². The van der Waals surface area contributed by atoms with Crippen molar-refractivity contribution in [1.29, 1.82) is 0 Å². The lowest BCUT2D eigenvalue weighted by Gasteiger charge is -2.29. The molecule has 0 spiro atoms. The van der Waals surface area contributed by atoms with Gasteiger partial charge in [-0.15, -0.1) is 0 Å². The van der Waals surface area contributed by atoms with Crippen molar-refractivity contribution in [1.82, 2.24) is 4.90 Å². The Labute approximate surface area is 313 Å². The first-order valence-corrected chi connectivity index (χ1v) is 22.2. The van der Waals surface area contributed by atoms with Crippen LogP contribution in [0.3, 0.4) is 0 Å². The van der Waals surface area contributed by atoms with E-state index in [2.05, 4.69) is 81.5 Å². The summed E-state index contributed by atoms with van der Waals surface area (Å²) in [5.41, 5.74) is 0. The van der Waals surface area contributed by atoms with Gasteiger partial charge in [-0.2, -0.15) is 0 Å². The van der Waals surface area contributed by atoms with Gasteiger partial charge < -0.3 is 14.4 Å². The first-order valence-electron chi connectivity index (χ1n) is 22.2. The summed E-state index contributed by atoms with van der Waals surface area (Å²) >= 11 is 0. The Morgan fingerprint density at radius 3 is 1.42 bits per heavy atom. The fourth-order valence-corrected chi connectivity index (χ4v) is 7.99. The summed E-state index contributed by atoms with van der Waals surface area (Å²) in [6.45, 7) is 5.36. The van der Waals surface area contributed by atoms with Crippen LogP contribution in [-0.2, 0) is 9.47 Å². The Hall–Kier alpha value is -1.16. The molecule has 50 heavy (non-hydrogen) atoms. The Bertz CT molecular complexity index is 824. The molecule has 2 aliphatic rings. The minimum atomic E-state index is -0.311. The van der Waals surface area contributed by atoms with E-state index in [1.54, 1.807) is 0 Å². The second kappa shape index (κ2) is 31.4. The minimum absolute atomic E-state index is 0.301. The van der Waals surface area contributed by atoms with Gasteiger partial charge in [-0.05, 0) is 123 Å². The molecule has 1 heterocycles. The van der Waals surface area contributed by atoms with Gasteiger partial charge in [-0.25, -0.2) is 0 Å². The molecular weight excluding hydrogens is 611 g/mol. The summed E-state index contributed by atoms with van der Waals surface area (Å²) < 4.78 is 13.5. The van der Waals surface area contributed by atoms with E-state index in [0.717, 1.165) is 44.2 Å². The van der Waals surface area contributed by atoms with Gasteiger partial charge in [0.2, 0.25) is 0 Å². The van der Waals surface area contributed by atoms with Crippen LogP contribution in [0.25, 0.3) is 0 Å². The van der Waals surface area contributed by atoms with Gasteiger partial charge in [0.1, 0.15) is 0 Å². The number of hydrogen-bond acceptors (Lipinski definition) is 3. The maximum atomic E-state index is 6.89. The zero-order chi connectivity index (χ0) is 35.8. The standard InChI is InChI=1S/C47H85NO2/c1-5-7-9-11-13-15-17-19-21-23-25-27-29-31-33-35-39-47(49-43-46(50-47)42-44-37-38-45(41-44)48(3)4)40-36-34-32-30-28-26-24-22-20-18-16-14-12-10-8-6-2/h13-16,19-22,44-46H,5-12,17-18,23-43H2,1-4H3/b15-13-,16-14-,21-19-,22-20-/t44-,45?,46?/m1/s1. The van der Waals surface area contributed by atoms with Crippen LogP contribution in [-0.4, -0.2) is 43.5 Å². The minimum Gasteiger partial charge on any atom is -0.347 e. The summed E-state index contributed by atoms with van der Waals surface area (Å²) in [5.74, 6) is 0.491. The van der Waals surface area contributed by atoms with E-state index in [0.29, 0.717) is 6.10 Å². The SMILES string of the molecule is CCCCC/C=C\C/C=C\CCCCCCCCC1(CCCCCCCC/C=C\C/C=C\CCCCC)OCC(C[C@@H]2CCC(N(C)C)C2)O1. The van der Waals surface area contributed by atoms with Gasteiger partial charge in [-0.1, -0.05) is 140 Å². The molecule has 3 nitrogen and oxygen atoms in total. The van der Waals surface area contributed by atoms with E-state index < -0.39 is 0 Å². The van der Waals surface area contributed by atoms with Crippen LogP contribution in [0.2, 0.25) is 0 Å². The first-order chi connectivity index (χ1) is 24.6. The predicted molar refractivity (Wildman–Crippen MR) is 221 cm³/mol. The molecule has 0 aromatic heterocycles. The maximum Gasteiger partial charge on any atom is 0.168 e. The number of unbranched alkanes of at least 4 members (excludes halogenated alkanes) is 18. The van der Waals surface area contributed by atoms with Crippen LogP contribution in [0.4, 0.5) is 0 Å². The fraction of sp³-hybridized carbons (Fsp3) is 0.830. The molecule has 290 valence electrons. The molecule has 2 rings (SSSR count). The van der Waals surface area contributed by atoms with Gasteiger partial charge in [0.15, 0.2) is 5.79 Å². The quantitative estimate of drug-likeness (QED) is 0.0504. The van der Waals surface area contributed by atoms with Crippen LogP contribution >= 0.6 is 0 Å². The summed E-state index contributed by atoms with van der Waals surface area (Å²) in [4.78, 5) is 2.42. The van der Waals surface area contributed by atoms with E-state index in [4.69, 9.17) is 9.47 Å². The average Bonchev–Trinajstić information content (AvgIpc) is 3.75. The molecule has 1 aliphatic heterocycles. The monoisotopic (exact) mass is 696 g/mol. The summed E-state index contributed by atoms with van der Waals surface area (Å²) in [7, 11) is 4.49. The normalized spacial score (nSPS) is 21.1. The first kappa shape index (κ1) is 45.0. The molecule has 0 aromatic rings. The molecule has 0 amide bonds. The number of allylic oxidation sites excluding steroid dienone is 8. The lowest BCUT2D eigenvalue weighted by molar-refractivity contribution is -0.180. The van der Waals surface area contributed by atoms with Crippen LogP contribution in [0.1, 0.15) is 206 Å². The number of hydrogen-bond donors (Lipinski definition) is 0. The Morgan fingerprint density at radius 1 is 0.540 bits per heavy atom. The molecule has 0 N–H and O–H groups in total.